The highest BCUT2D eigenvalue weighted by atomic mass is 31.2. The fraction of sp³-hybridized carbons (Fsp3) is 0.235. The summed E-state index contributed by atoms with van der Waals surface area (Å²) in [4.78, 5) is 12.7. The van der Waals surface area contributed by atoms with Crippen LogP contribution in [-0.2, 0) is 4.74 Å². The van der Waals surface area contributed by atoms with Crippen molar-refractivity contribution < 1.29 is 9.53 Å². The van der Waals surface area contributed by atoms with Gasteiger partial charge in [0.1, 0.15) is 10.6 Å². The predicted octanol–water partition coefficient (Wildman–Crippen LogP) is 3.83. The molecule has 0 fully saturated rings. The van der Waals surface area contributed by atoms with Gasteiger partial charge in [-0.3, -0.25) is 0 Å². The number of carbonyl (C=O) groups excluding carboxylic acids is 1. The minimum Gasteiger partial charge on any atom is -0.433 e. The molecule has 0 aromatic heterocycles. The van der Waals surface area contributed by atoms with Crippen LogP contribution in [0.5, 0.6) is 0 Å². The summed E-state index contributed by atoms with van der Waals surface area (Å²) >= 11 is 0. The van der Waals surface area contributed by atoms with E-state index in [2.05, 4.69) is 0 Å². The standard InChI is InChI=1S/C17H20O2P/c1-14(2)19-17(18)20(3,15-10-6-4-7-11-15)16-12-8-5-9-13-16/h4-14H,1-3H3/q+1. The van der Waals surface area contributed by atoms with E-state index in [-0.39, 0.29) is 11.8 Å². The fourth-order valence-electron chi connectivity index (χ4n) is 2.12. The summed E-state index contributed by atoms with van der Waals surface area (Å²) in [6, 6.07) is 19.9. The van der Waals surface area contributed by atoms with Crippen molar-refractivity contribution in [2.75, 3.05) is 6.66 Å². The van der Waals surface area contributed by atoms with E-state index in [1.165, 1.54) is 0 Å². The van der Waals surface area contributed by atoms with Gasteiger partial charge < -0.3 is 4.74 Å². The van der Waals surface area contributed by atoms with Crippen LogP contribution in [0.4, 0.5) is 4.79 Å². The molecule has 0 heterocycles. The van der Waals surface area contributed by atoms with E-state index in [1.54, 1.807) is 0 Å². The Hall–Kier alpha value is -1.66. The average molecular weight is 287 g/mol. The molecule has 2 aromatic carbocycles. The van der Waals surface area contributed by atoms with Gasteiger partial charge in [0.15, 0.2) is 7.26 Å². The maximum absolute atomic E-state index is 12.7. The average Bonchev–Trinajstić information content (AvgIpc) is 2.47. The second-order valence-electron chi connectivity index (χ2n) is 5.11. The lowest BCUT2D eigenvalue weighted by molar-refractivity contribution is 0.141. The van der Waals surface area contributed by atoms with Crippen LogP contribution in [0.25, 0.3) is 0 Å². The van der Waals surface area contributed by atoms with Gasteiger partial charge in [-0.25, -0.2) is 4.79 Å². The first-order valence-electron chi connectivity index (χ1n) is 6.74. The van der Waals surface area contributed by atoms with Crippen LogP contribution in [0.1, 0.15) is 13.8 Å². The Bertz CT molecular complexity index is 525. The molecule has 0 unspecified atom stereocenters. The highest BCUT2D eigenvalue weighted by Crippen LogP contribution is 2.54. The zero-order valence-corrected chi connectivity index (χ0v) is 13.0. The number of carbonyl (C=O) groups is 1. The zero-order chi connectivity index (χ0) is 14.6. The van der Waals surface area contributed by atoms with Crippen LogP contribution in [0, 0.1) is 0 Å². The second kappa shape index (κ2) is 6.19. The Morgan fingerprint density at radius 1 is 0.900 bits per heavy atom. The van der Waals surface area contributed by atoms with Gasteiger partial charge in [-0.15, -0.1) is 0 Å². The van der Waals surface area contributed by atoms with Crippen molar-refractivity contribution in [1.29, 1.82) is 0 Å². The Kier molecular flexibility index (Phi) is 4.57. The quantitative estimate of drug-likeness (QED) is 0.799. The molecular weight excluding hydrogens is 267 g/mol. The molecule has 0 saturated heterocycles. The minimum absolute atomic E-state index is 0.103. The smallest absolute Gasteiger partial charge is 0.433 e. The summed E-state index contributed by atoms with van der Waals surface area (Å²) in [5.41, 5.74) is -0.107. The van der Waals surface area contributed by atoms with E-state index < -0.39 is 7.26 Å². The first-order chi connectivity index (χ1) is 9.55. The molecule has 0 atom stereocenters. The van der Waals surface area contributed by atoms with Crippen molar-refractivity contribution in [3.8, 4) is 0 Å². The summed E-state index contributed by atoms with van der Waals surface area (Å²) < 4.78 is 5.53. The van der Waals surface area contributed by atoms with Gasteiger partial charge in [0, 0.05) is 0 Å². The highest BCUT2D eigenvalue weighted by molar-refractivity contribution is 8.01. The lowest BCUT2D eigenvalue weighted by Crippen LogP contribution is -2.29. The van der Waals surface area contributed by atoms with Crippen molar-refractivity contribution in [1.82, 2.24) is 0 Å². The molecule has 0 aliphatic carbocycles. The number of rotatable bonds is 4. The number of ether oxygens (including phenoxy) is 1. The third-order valence-corrected chi connectivity index (χ3v) is 6.74. The summed E-state index contributed by atoms with van der Waals surface area (Å²) in [5.74, 6) is 0. The number of hydrogen-bond acceptors (Lipinski definition) is 2. The van der Waals surface area contributed by atoms with Crippen LogP contribution in [0.15, 0.2) is 60.7 Å². The largest absolute Gasteiger partial charge is 0.461 e. The number of benzene rings is 2. The Morgan fingerprint density at radius 3 is 1.65 bits per heavy atom. The molecule has 2 rings (SSSR count). The molecule has 2 nitrogen and oxygen atoms in total. The normalized spacial score (nSPS) is 11.4. The highest BCUT2D eigenvalue weighted by Gasteiger charge is 2.48. The zero-order valence-electron chi connectivity index (χ0n) is 12.1. The molecule has 2 aromatic rings. The SMILES string of the molecule is CC(C)OC(=O)[P+](C)(c1ccccc1)c1ccccc1. The molecule has 104 valence electrons. The van der Waals surface area contributed by atoms with E-state index in [4.69, 9.17) is 4.74 Å². The molecule has 0 saturated carbocycles. The summed E-state index contributed by atoms with van der Waals surface area (Å²) in [7, 11) is -2.18. The third-order valence-electron chi connectivity index (χ3n) is 3.25. The molecule has 0 spiro atoms. The minimum atomic E-state index is -2.18. The van der Waals surface area contributed by atoms with Gasteiger partial charge in [-0.1, -0.05) is 36.4 Å². The van der Waals surface area contributed by atoms with E-state index in [0.717, 1.165) is 10.6 Å². The van der Waals surface area contributed by atoms with Crippen LogP contribution in [-0.4, -0.2) is 18.5 Å². The molecule has 0 radical (unpaired) electrons. The first-order valence-corrected chi connectivity index (χ1v) is 8.97. The Labute approximate surface area is 121 Å². The summed E-state index contributed by atoms with van der Waals surface area (Å²) in [6.45, 7) is 5.80. The molecular formula is C17H20O2P+. The number of hydrogen-bond donors (Lipinski definition) is 0. The van der Waals surface area contributed by atoms with Crippen LogP contribution in [0.2, 0.25) is 0 Å². The van der Waals surface area contributed by atoms with E-state index in [1.807, 2.05) is 81.2 Å². The van der Waals surface area contributed by atoms with Crippen LogP contribution in [0.3, 0.4) is 0 Å². The molecule has 20 heavy (non-hydrogen) atoms. The Morgan fingerprint density at radius 2 is 1.30 bits per heavy atom. The maximum atomic E-state index is 12.7. The summed E-state index contributed by atoms with van der Waals surface area (Å²) in [6.07, 6.45) is -0.103. The van der Waals surface area contributed by atoms with Gasteiger partial charge in [0.2, 0.25) is 0 Å². The maximum Gasteiger partial charge on any atom is 0.461 e. The van der Waals surface area contributed by atoms with E-state index >= 15 is 0 Å². The van der Waals surface area contributed by atoms with Gasteiger partial charge in [-0.05, 0) is 38.1 Å². The second-order valence-corrected chi connectivity index (χ2v) is 8.52. The fourth-order valence-corrected chi connectivity index (χ4v) is 4.80. The van der Waals surface area contributed by atoms with Gasteiger partial charge >= 0.3 is 5.71 Å². The monoisotopic (exact) mass is 287 g/mol. The van der Waals surface area contributed by atoms with E-state index in [9.17, 15) is 4.79 Å². The Balaban J connectivity index is 2.52. The third kappa shape index (κ3) is 2.91. The molecule has 3 heteroatoms. The van der Waals surface area contributed by atoms with Crippen molar-refractivity contribution in [3.63, 3.8) is 0 Å². The van der Waals surface area contributed by atoms with Gasteiger partial charge in [0.25, 0.3) is 0 Å². The molecule has 0 aliphatic rings. The molecule has 0 N–H and O–H groups in total. The molecule has 0 bridgehead atoms. The van der Waals surface area contributed by atoms with E-state index in [0.29, 0.717) is 0 Å². The lowest BCUT2D eigenvalue weighted by Gasteiger charge is -2.21. The lowest BCUT2D eigenvalue weighted by atomic mass is 10.4. The molecule has 0 amide bonds. The molecule has 0 aliphatic heterocycles. The van der Waals surface area contributed by atoms with Crippen molar-refractivity contribution >= 4 is 23.6 Å². The topological polar surface area (TPSA) is 26.3 Å². The first kappa shape index (κ1) is 14.7. The van der Waals surface area contributed by atoms with Crippen molar-refractivity contribution in [3.05, 3.63) is 60.7 Å². The summed E-state index contributed by atoms with van der Waals surface area (Å²) in [5, 5.41) is 2.11. The van der Waals surface area contributed by atoms with Gasteiger partial charge in [0.05, 0.1) is 12.8 Å². The van der Waals surface area contributed by atoms with Crippen LogP contribution < -0.4 is 10.6 Å². The van der Waals surface area contributed by atoms with Crippen molar-refractivity contribution in [2.24, 2.45) is 0 Å². The van der Waals surface area contributed by atoms with Gasteiger partial charge in [-0.2, -0.15) is 0 Å². The van der Waals surface area contributed by atoms with Crippen LogP contribution >= 0.6 is 7.26 Å². The van der Waals surface area contributed by atoms with Crippen molar-refractivity contribution in [2.45, 2.75) is 20.0 Å². The predicted molar refractivity (Wildman–Crippen MR) is 86.6 cm³/mol.